The standard InChI is InChI=1S/C8H15N5O2/c1-5(2)10-8(12-9)13-3-6(14)11-7(15)4-13/h5H,3-4,9H2,1-2H3,(H,10,12)(H,11,14,15). The van der Waals surface area contributed by atoms with Crippen LogP contribution in [0.1, 0.15) is 13.8 Å². The maximum Gasteiger partial charge on any atom is 0.246 e. The SMILES string of the molecule is CC(C)N=C(NN)N1CC(=O)NC(=O)C1. The Hall–Kier alpha value is -1.63. The molecule has 0 bridgehead atoms. The number of nitrogens with zero attached hydrogens (tertiary/aromatic N) is 2. The van der Waals surface area contributed by atoms with Crippen molar-refractivity contribution in [2.75, 3.05) is 13.1 Å². The van der Waals surface area contributed by atoms with E-state index in [-0.39, 0.29) is 30.9 Å². The number of aliphatic imine (C=N–C) groups is 1. The third kappa shape index (κ3) is 3.21. The third-order valence-corrected chi connectivity index (χ3v) is 1.76. The van der Waals surface area contributed by atoms with E-state index in [0.29, 0.717) is 5.96 Å². The summed E-state index contributed by atoms with van der Waals surface area (Å²) in [6.07, 6.45) is 0. The molecule has 7 heteroatoms. The van der Waals surface area contributed by atoms with Crippen LogP contribution in [0.4, 0.5) is 0 Å². The Balaban J connectivity index is 2.76. The molecule has 1 saturated heterocycles. The van der Waals surface area contributed by atoms with Gasteiger partial charge < -0.3 is 4.90 Å². The minimum absolute atomic E-state index is 0.0381. The number of hydrazine groups is 1. The highest BCUT2D eigenvalue weighted by atomic mass is 16.2. The van der Waals surface area contributed by atoms with Gasteiger partial charge in [-0.15, -0.1) is 0 Å². The van der Waals surface area contributed by atoms with Crippen LogP contribution in [-0.4, -0.2) is 41.8 Å². The van der Waals surface area contributed by atoms with Crippen LogP contribution in [-0.2, 0) is 9.59 Å². The maximum absolute atomic E-state index is 11.1. The minimum Gasteiger partial charge on any atom is -0.323 e. The number of amides is 2. The normalized spacial score (nSPS) is 18.1. The van der Waals surface area contributed by atoms with Crippen molar-refractivity contribution in [3.63, 3.8) is 0 Å². The molecule has 0 spiro atoms. The molecule has 15 heavy (non-hydrogen) atoms. The van der Waals surface area contributed by atoms with E-state index in [4.69, 9.17) is 5.84 Å². The fourth-order valence-corrected chi connectivity index (χ4v) is 1.24. The zero-order valence-corrected chi connectivity index (χ0v) is 8.78. The van der Waals surface area contributed by atoms with Crippen molar-refractivity contribution in [1.29, 1.82) is 0 Å². The molecule has 1 aliphatic rings. The molecule has 0 atom stereocenters. The summed E-state index contributed by atoms with van der Waals surface area (Å²) in [5, 5.41) is 2.20. The highest BCUT2D eigenvalue weighted by molar-refractivity contribution is 6.02. The van der Waals surface area contributed by atoms with Gasteiger partial charge in [-0.3, -0.25) is 20.3 Å². The molecule has 4 N–H and O–H groups in total. The van der Waals surface area contributed by atoms with Crippen LogP contribution >= 0.6 is 0 Å². The molecule has 0 aromatic rings. The van der Waals surface area contributed by atoms with Crippen LogP contribution < -0.4 is 16.6 Å². The Labute approximate surface area is 87.7 Å². The summed E-state index contributed by atoms with van der Waals surface area (Å²) in [5.41, 5.74) is 2.39. The summed E-state index contributed by atoms with van der Waals surface area (Å²) in [4.78, 5) is 27.8. The highest BCUT2D eigenvalue weighted by Gasteiger charge is 2.24. The first-order valence-electron chi connectivity index (χ1n) is 4.65. The topological polar surface area (TPSA) is 99.8 Å². The molecular weight excluding hydrogens is 198 g/mol. The molecule has 0 saturated carbocycles. The van der Waals surface area contributed by atoms with E-state index in [1.807, 2.05) is 13.8 Å². The molecule has 0 radical (unpaired) electrons. The second-order valence-corrected chi connectivity index (χ2v) is 3.52. The number of carbonyl (C=O) groups excluding carboxylic acids is 2. The van der Waals surface area contributed by atoms with Gasteiger partial charge in [0.2, 0.25) is 17.8 Å². The summed E-state index contributed by atoms with van der Waals surface area (Å²) >= 11 is 0. The van der Waals surface area contributed by atoms with Gasteiger partial charge >= 0.3 is 0 Å². The van der Waals surface area contributed by atoms with E-state index >= 15 is 0 Å². The lowest BCUT2D eigenvalue weighted by molar-refractivity contribution is -0.134. The molecule has 1 aliphatic heterocycles. The zero-order valence-electron chi connectivity index (χ0n) is 8.78. The van der Waals surface area contributed by atoms with Crippen molar-refractivity contribution in [3.05, 3.63) is 0 Å². The molecular formula is C8H15N5O2. The number of guanidine groups is 1. The molecule has 1 rings (SSSR count). The predicted octanol–water partition coefficient (Wildman–Crippen LogP) is -1.83. The van der Waals surface area contributed by atoms with Crippen molar-refractivity contribution in [1.82, 2.24) is 15.6 Å². The van der Waals surface area contributed by atoms with E-state index in [2.05, 4.69) is 15.7 Å². The Morgan fingerprint density at radius 1 is 1.47 bits per heavy atom. The van der Waals surface area contributed by atoms with Crippen molar-refractivity contribution in [2.45, 2.75) is 19.9 Å². The number of imide groups is 1. The van der Waals surface area contributed by atoms with E-state index in [0.717, 1.165) is 0 Å². The van der Waals surface area contributed by atoms with Gasteiger partial charge in [0.1, 0.15) is 13.1 Å². The lowest BCUT2D eigenvalue weighted by Crippen LogP contribution is -2.57. The van der Waals surface area contributed by atoms with E-state index in [1.54, 1.807) is 0 Å². The minimum atomic E-state index is -0.349. The van der Waals surface area contributed by atoms with Crippen molar-refractivity contribution in [3.8, 4) is 0 Å². The fraction of sp³-hybridized carbons (Fsp3) is 0.625. The smallest absolute Gasteiger partial charge is 0.246 e. The summed E-state index contributed by atoms with van der Waals surface area (Å²) in [6.45, 7) is 3.93. The lowest BCUT2D eigenvalue weighted by Gasteiger charge is -2.28. The first-order chi connectivity index (χ1) is 7.02. The molecule has 1 heterocycles. The second kappa shape index (κ2) is 4.74. The number of hydrogen-bond acceptors (Lipinski definition) is 4. The fourth-order valence-electron chi connectivity index (χ4n) is 1.24. The number of nitrogens with one attached hydrogen (secondary N) is 2. The van der Waals surface area contributed by atoms with E-state index < -0.39 is 0 Å². The first kappa shape index (κ1) is 11.4. The Bertz CT molecular complexity index is 283. The summed E-state index contributed by atoms with van der Waals surface area (Å²) in [7, 11) is 0. The summed E-state index contributed by atoms with van der Waals surface area (Å²) in [5.74, 6) is 4.93. The summed E-state index contributed by atoms with van der Waals surface area (Å²) < 4.78 is 0. The van der Waals surface area contributed by atoms with Crippen molar-refractivity contribution < 1.29 is 9.59 Å². The van der Waals surface area contributed by atoms with Gasteiger partial charge in [0.25, 0.3) is 0 Å². The van der Waals surface area contributed by atoms with Crippen LogP contribution in [0.5, 0.6) is 0 Å². The molecule has 2 amide bonds. The molecule has 0 aromatic heterocycles. The Morgan fingerprint density at radius 2 is 2.00 bits per heavy atom. The van der Waals surface area contributed by atoms with Crippen LogP contribution in [0.2, 0.25) is 0 Å². The average Bonchev–Trinajstić information content (AvgIpc) is 2.12. The van der Waals surface area contributed by atoms with Crippen LogP contribution in [0.3, 0.4) is 0 Å². The van der Waals surface area contributed by atoms with Gasteiger partial charge in [0.15, 0.2) is 0 Å². The predicted molar refractivity (Wildman–Crippen MR) is 54.6 cm³/mol. The average molecular weight is 213 g/mol. The van der Waals surface area contributed by atoms with Crippen LogP contribution in [0.25, 0.3) is 0 Å². The molecule has 0 aliphatic carbocycles. The zero-order chi connectivity index (χ0) is 11.4. The molecule has 1 fully saturated rings. The van der Waals surface area contributed by atoms with Gasteiger partial charge in [-0.1, -0.05) is 0 Å². The third-order valence-electron chi connectivity index (χ3n) is 1.76. The number of piperazine rings is 1. The number of carbonyl (C=O) groups is 2. The van der Waals surface area contributed by atoms with Gasteiger partial charge in [-0.25, -0.2) is 10.8 Å². The first-order valence-corrected chi connectivity index (χ1v) is 4.65. The monoisotopic (exact) mass is 213 g/mol. The number of nitrogens with two attached hydrogens (primary N) is 1. The van der Waals surface area contributed by atoms with Gasteiger partial charge in [0, 0.05) is 6.04 Å². The molecule has 0 unspecified atom stereocenters. The second-order valence-electron chi connectivity index (χ2n) is 3.52. The Kier molecular flexibility index (Phi) is 3.62. The maximum atomic E-state index is 11.1. The van der Waals surface area contributed by atoms with Gasteiger partial charge in [-0.2, -0.15) is 0 Å². The van der Waals surface area contributed by atoms with Crippen LogP contribution in [0.15, 0.2) is 4.99 Å². The number of rotatable bonds is 1. The van der Waals surface area contributed by atoms with Crippen LogP contribution in [0, 0.1) is 0 Å². The quantitative estimate of drug-likeness (QED) is 0.156. The molecule has 0 aromatic carbocycles. The largest absolute Gasteiger partial charge is 0.323 e. The van der Waals surface area contributed by atoms with Gasteiger partial charge in [0.05, 0.1) is 0 Å². The lowest BCUT2D eigenvalue weighted by atomic mass is 10.3. The summed E-state index contributed by atoms with van der Waals surface area (Å²) in [6, 6.07) is 0.0381. The van der Waals surface area contributed by atoms with Crippen molar-refractivity contribution in [2.24, 2.45) is 10.8 Å². The van der Waals surface area contributed by atoms with Crippen molar-refractivity contribution >= 4 is 17.8 Å². The van der Waals surface area contributed by atoms with E-state index in [9.17, 15) is 9.59 Å². The Morgan fingerprint density at radius 3 is 2.40 bits per heavy atom. The highest BCUT2D eigenvalue weighted by Crippen LogP contribution is 1.97. The molecule has 7 nitrogen and oxygen atoms in total. The van der Waals surface area contributed by atoms with Gasteiger partial charge in [-0.05, 0) is 13.8 Å². The molecule has 84 valence electrons. The number of hydrogen-bond donors (Lipinski definition) is 3. The van der Waals surface area contributed by atoms with E-state index in [1.165, 1.54) is 4.90 Å².